The first-order chi connectivity index (χ1) is 27.0. The molecule has 2 N–H and O–H groups in total. The van der Waals surface area contributed by atoms with E-state index in [0.29, 0.717) is 33.2 Å². The highest BCUT2D eigenvalue weighted by Crippen LogP contribution is 2.66. The minimum Gasteiger partial charge on any atom is -0.508 e. The zero-order valence-corrected chi connectivity index (χ0v) is 32.1. The van der Waals surface area contributed by atoms with Gasteiger partial charge in [0.2, 0.25) is 11.8 Å². The highest BCUT2D eigenvalue weighted by atomic mass is 35.5. The van der Waals surface area contributed by atoms with Gasteiger partial charge in [0, 0.05) is 28.6 Å². The number of phenolic OH excluding ortho intramolecular Hbond substituents is 1. The maximum Gasteiger partial charge on any atom is 0.260 e. The van der Waals surface area contributed by atoms with Crippen LogP contribution in [0.5, 0.6) is 23.0 Å². The fourth-order valence-electron chi connectivity index (χ4n) is 9.38. The van der Waals surface area contributed by atoms with Gasteiger partial charge in [-0.05, 0) is 72.4 Å². The van der Waals surface area contributed by atoms with Crippen molar-refractivity contribution in [3.8, 4) is 23.0 Å². The number of benzene rings is 4. The Kier molecular flexibility index (Phi) is 9.33. The number of allylic oxidation sites excluding steroid dienone is 2. The third-order valence-electron chi connectivity index (χ3n) is 11.8. The number of imide groups is 2. The molecule has 0 spiro atoms. The number of anilines is 2. The van der Waals surface area contributed by atoms with Gasteiger partial charge >= 0.3 is 0 Å². The minimum absolute atomic E-state index is 0.0532. The Morgan fingerprint density at radius 1 is 0.839 bits per heavy atom. The van der Waals surface area contributed by atoms with Crippen LogP contribution in [0.25, 0.3) is 6.08 Å². The summed E-state index contributed by atoms with van der Waals surface area (Å²) in [4.78, 5) is 60.8. The Morgan fingerprint density at radius 3 is 2.12 bits per heavy atom. The first-order valence-electron chi connectivity index (χ1n) is 18.0. The van der Waals surface area contributed by atoms with Crippen molar-refractivity contribution < 1.29 is 38.5 Å². The van der Waals surface area contributed by atoms with E-state index >= 15 is 9.59 Å². The van der Waals surface area contributed by atoms with Gasteiger partial charge in [-0.1, -0.05) is 71.8 Å². The van der Waals surface area contributed by atoms with Crippen LogP contribution in [0.2, 0.25) is 10.0 Å². The molecule has 286 valence electrons. The molecule has 6 atom stereocenters. The molecule has 0 radical (unpaired) electrons. The molecule has 2 saturated heterocycles. The van der Waals surface area contributed by atoms with E-state index in [1.165, 1.54) is 44.4 Å². The number of aromatic hydroxyl groups is 1. The Hall–Kier alpha value is -5.78. The number of methoxy groups -OCH3 is 3. The Labute approximate surface area is 333 Å². The van der Waals surface area contributed by atoms with Crippen molar-refractivity contribution in [2.24, 2.45) is 23.7 Å². The zero-order valence-electron chi connectivity index (χ0n) is 30.6. The lowest BCUT2D eigenvalue weighted by atomic mass is 9.49. The van der Waals surface area contributed by atoms with Gasteiger partial charge in [0.25, 0.3) is 11.8 Å². The van der Waals surface area contributed by atoms with Crippen molar-refractivity contribution in [1.29, 1.82) is 0 Å². The monoisotopic (exact) mass is 793 g/mol. The summed E-state index contributed by atoms with van der Waals surface area (Å²) in [5, 5.41) is 12.3. The number of rotatable bonds is 9. The maximum atomic E-state index is 15.6. The van der Waals surface area contributed by atoms with Gasteiger partial charge in [0.1, 0.15) is 23.0 Å². The lowest BCUT2D eigenvalue weighted by Gasteiger charge is -2.51. The molecule has 0 bridgehead atoms. The summed E-state index contributed by atoms with van der Waals surface area (Å²) >= 11 is 12.8. The SMILES string of the molecule is C=Cc1ccc(N2C(=O)[C@H]3[C@H](CC=C4[C@H]3C[C@H]3C(=O)N(Nc5ccc(Cl)cc5Cl)C(=O)[C@@]3(c3ccc(OC)cc3)[C@H]4c3c(OC)cc(O)cc3OC)C2=O)cc1. The van der Waals surface area contributed by atoms with E-state index in [4.69, 9.17) is 37.4 Å². The number of nitrogens with one attached hydrogen (secondary N) is 1. The molecule has 4 aromatic rings. The van der Waals surface area contributed by atoms with Gasteiger partial charge in [0.15, 0.2) is 0 Å². The van der Waals surface area contributed by atoms with Crippen LogP contribution in [-0.2, 0) is 24.6 Å². The second-order valence-electron chi connectivity index (χ2n) is 14.3. The second kappa shape index (κ2) is 14.1. The van der Waals surface area contributed by atoms with Crippen molar-refractivity contribution in [3.63, 3.8) is 0 Å². The highest BCUT2D eigenvalue weighted by molar-refractivity contribution is 6.36. The molecule has 1 saturated carbocycles. The van der Waals surface area contributed by atoms with E-state index in [0.717, 1.165) is 10.6 Å². The normalized spacial score (nSPS) is 25.3. The zero-order chi connectivity index (χ0) is 39.6. The summed E-state index contributed by atoms with van der Waals surface area (Å²) in [5.41, 5.74) is 4.42. The second-order valence-corrected chi connectivity index (χ2v) is 15.1. The van der Waals surface area contributed by atoms with Crippen molar-refractivity contribution in [3.05, 3.63) is 124 Å². The molecule has 13 heteroatoms. The fraction of sp³-hybridized carbons (Fsp3) is 0.256. The van der Waals surface area contributed by atoms with Gasteiger partial charge in [-0.3, -0.25) is 29.5 Å². The topological polar surface area (TPSA) is 135 Å². The Morgan fingerprint density at radius 2 is 1.52 bits per heavy atom. The number of hydrogen-bond acceptors (Lipinski definition) is 9. The number of nitrogens with zero attached hydrogens (tertiary/aromatic N) is 2. The van der Waals surface area contributed by atoms with Crippen LogP contribution in [0, 0.1) is 23.7 Å². The third kappa shape index (κ3) is 5.47. The standard InChI is InChI=1S/C43H37Cl2N3O8/c1-5-22-6-11-25(12-7-22)47-39(50)29-16-15-28-30(36(29)41(47)52)21-31-40(51)48(46-33-17-10-24(44)18-32(33)45)42(53)43(31,23-8-13-27(54-2)14-9-23)38(28)37-34(55-3)19-26(49)20-35(37)56-4/h5-15,17-20,29-31,36,38,46,49H,1,16,21H2,2-4H3/t29-,30+,31-,36-,38+,43+/m0/s1. The van der Waals surface area contributed by atoms with Crippen LogP contribution >= 0.6 is 23.2 Å². The van der Waals surface area contributed by atoms with Gasteiger partial charge < -0.3 is 19.3 Å². The van der Waals surface area contributed by atoms with E-state index in [9.17, 15) is 14.7 Å². The predicted octanol–water partition coefficient (Wildman–Crippen LogP) is 7.56. The number of carbonyl (C=O) groups is 4. The third-order valence-corrected chi connectivity index (χ3v) is 12.3. The molecule has 4 amide bonds. The summed E-state index contributed by atoms with van der Waals surface area (Å²) in [6.45, 7) is 3.80. The number of fused-ring (bicyclic) bond motifs is 4. The van der Waals surface area contributed by atoms with Gasteiger partial charge in [-0.2, -0.15) is 5.01 Å². The van der Waals surface area contributed by atoms with Crippen LogP contribution < -0.4 is 24.5 Å². The average molecular weight is 795 g/mol. The highest BCUT2D eigenvalue weighted by Gasteiger charge is 2.71. The molecule has 0 unspecified atom stereocenters. The quantitative estimate of drug-likeness (QED) is 0.130. The number of hydrogen-bond donors (Lipinski definition) is 2. The molecule has 0 aromatic heterocycles. The number of carbonyl (C=O) groups excluding carboxylic acids is 4. The molecule has 2 aliphatic carbocycles. The summed E-state index contributed by atoms with van der Waals surface area (Å²) in [5.74, 6) is -5.39. The van der Waals surface area contributed by atoms with Crippen molar-refractivity contribution in [2.45, 2.75) is 24.2 Å². The first-order valence-corrected chi connectivity index (χ1v) is 18.7. The smallest absolute Gasteiger partial charge is 0.260 e. The molecular weight excluding hydrogens is 757 g/mol. The number of amides is 4. The van der Waals surface area contributed by atoms with E-state index in [-0.39, 0.29) is 52.6 Å². The molecule has 56 heavy (non-hydrogen) atoms. The van der Waals surface area contributed by atoms with Crippen molar-refractivity contribution in [2.75, 3.05) is 31.7 Å². The Bertz CT molecular complexity index is 2320. The lowest BCUT2D eigenvalue weighted by molar-refractivity contribution is -0.138. The number of phenols is 1. The van der Waals surface area contributed by atoms with Crippen LogP contribution in [0.15, 0.2) is 97.1 Å². The van der Waals surface area contributed by atoms with Gasteiger partial charge in [0.05, 0.1) is 60.9 Å². The summed E-state index contributed by atoms with van der Waals surface area (Å²) in [6, 6.07) is 21.5. The van der Waals surface area contributed by atoms with Crippen LogP contribution in [0.1, 0.15) is 35.4 Å². The van der Waals surface area contributed by atoms with Gasteiger partial charge in [-0.25, -0.2) is 0 Å². The molecule has 8 rings (SSSR count). The summed E-state index contributed by atoms with van der Waals surface area (Å²) in [7, 11) is 4.41. The molecule has 2 aliphatic heterocycles. The van der Waals surface area contributed by atoms with Crippen molar-refractivity contribution >= 4 is 64.3 Å². The van der Waals surface area contributed by atoms with Crippen LogP contribution in [0.4, 0.5) is 11.4 Å². The molecule has 3 fully saturated rings. The van der Waals surface area contributed by atoms with E-state index < -0.39 is 46.8 Å². The minimum atomic E-state index is -1.67. The van der Waals surface area contributed by atoms with E-state index in [2.05, 4.69) is 12.0 Å². The van der Waals surface area contributed by atoms with Crippen molar-refractivity contribution in [1.82, 2.24) is 5.01 Å². The first kappa shape index (κ1) is 37.2. The van der Waals surface area contributed by atoms with Crippen LogP contribution in [-0.4, -0.2) is 55.1 Å². The number of halogens is 2. The average Bonchev–Trinajstić information content (AvgIpc) is 3.59. The van der Waals surface area contributed by atoms with Gasteiger partial charge in [-0.15, -0.1) is 0 Å². The van der Waals surface area contributed by atoms with Crippen LogP contribution in [0.3, 0.4) is 0 Å². The Balaban J connectivity index is 1.37. The molecule has 4 aromatic carbocycles. The maximum absolute atomic E-state index is 15.6. The lowest BCUT2D eigenvalue weighted by Crippen LogP contribution is -2.53. The van der Waals surface area contributed by atoms with E-state index in [1.807, 2.05) is 6.08 Å². The summed E-state index contributed by atoms with van der Waals surface area (Å²) in [6.07, 6.45) is 3.87. The summed E-state index contributed by atoms with van der Waals surface area (Å²) < 4.78 is 17.3. The number of hydrazine groups is 1. The predicted molar refractivity (Wildman–Crippen MR) is 211 cm³/mol. The molecule has 2 heterocycles. The molecule has 11 nitrogen and oxygen atoms in total. The fourth-order valence-corrected chi connectivity index (χ4v) is 9.83. The molecular formula is C43H37Cl2N3O8. The van der Waals surface area contributed by atoms with E-state index in [1.54, 1.807) is 66.7 Å². The molecule has 4 aliphatic rings. The largest absolute Gasteiger partial charge is 0.508 e. The number of ether oxygens (including phenoxy) is 3.